The summed E-state index contributed by atoms with van der Waals surface area (Å²) in [5, 5.41) is 10.5. The number of fused-ring (bicyclic) bond motifs is 1. The van der Waals surface area contributed by atoms with Gasteiger partial charge in [-0.05, 0) is 37.0 Å². The number of aromatic carboxylic acids is 1. The fourth-order valence-electron chi connectivity index (χ4n) is 4.05. The molecule has 1 aromatic carbocycles. The minimum absolute atomic E-state index is 0.176. The van der Waals surface area contributed by atoms with E-state index in [-0.39, 0.29) is 17.7 Å². The maximum atomic E-state index is 13.1. The molecule has 9 nitrogen and oxygen atoms in total. The number of nitrogens with two attached hydrogens (primary N) is 1. The van der Waals surface area contributed by atoms with Gasteiger partial charge in [0, 0.05) is 12.5 Å². The molecule has 4 N–H and O–H groups in total. The average molecular weight is 441 g/mol. The zero-order valence-corrected chi connectivity index (χ0v) is 19.0. The highest BCUT2D eigenvalue weighted by molar-refractivity contribution is 5.87. The summed E-state index contributed by atoms with van der Waals surface area (Å²) < 4.78 is 1.57. The highest BCUT2D eigenvalue weighted by Crippen LogP contribution is 2.33. The van der Waals surface area contributed by atoms with E-state index in [1.165, 1.54) is 30.0 Å². The number of nitrogens with zero attached hydrogens (tertiary/aromatic N) is 4. The molecule has 0 aliphatic heterocycles. The van der Waals surface area contributed by atoms with Gasteiger partial charge in [-0.15, -0.1) is 0 Å². The maximum Gasteiger partial charge on any atom is 0.335 e. The van der Waals surface area contributed by atoms with Crippen LogP contribution in [-0.4, -0.2) is 30.6 Å². The van der Waals surface area contributed by atoms with Crippen LogP contribution >= 0.6 is 0 Å². The van der Waals surface area contributed by atoms with E-state index in [1.807, 2.05) is 20.8 Å². The van der Waals surface area contributed by atoms with Crippen LogP contribution in [0, 0.1) is 0 Å². The lowest BCUT2D eigenvalue weighted by Crippen LogP contribution is -2.37. The highest BCUT2D eigenvalue weighted by Gasteiger charge is 2.23. The first-order valence-corrected chi connectivity index (χ1v) is 11.3. The number of carbonyl (C=O) groups is 1. The fourth-order valence-corrected chi connectivity index (χ4v) is 4.05. The number of carboxylic acid groups (broad SMARTS) is 1. The molecule has 0 radical (unpaired) electrons. The highest BCUT2D eigenvalue weighted by atomic mass is 16.4. The van der Waals surface area contributed by atoms with Crippen molar-refractivity contribution in [2.75, 3.05) is 5.01 Å². The van der Waals surface area contributed by atoms with Gasteiger partial charge in [0.05, 0.1) is 12.1 Å². The third-order valence-corrected chi connectivity index (χ3v) is 5.61. The summed E-state index contributed by atoms with van der Waals surface area (Å²) in [5.74, 6) is 6.85. The van der Waals surface area contributed by atoms with Gasteiger partial charge in [0.1, 0.15) is 5.82 Å². The van der Waals surface area contributed by atoms with Crippen LogP contribution in [-0.2, 0) is 13.1 Å². The lowest BCUT2D eigenvalue weighted by molar-refractivity contribution is 0.0697. The van der Waals surface area contributed by atoms with Crippen LogP contribution in [0.2, 0.25) is 0 Å². The van der Waals surface area contributed by atoms with E-state index >= 15 is 0 Å². The summed E-state index contributed by atoms with van der Waals surface area (Å²) in [6, 6.07) is 6.47. The summed E-state index contributed by atoms with van der Waals surface area (Å²) in [7, 11) is 0. The second-order valence-corrected chi connectivity index (χ2v) is 7.80. The van der Waals surface area contributed by atoms with Crippen molar-refractivity contribution in [3.63, 3.8) is 0 Å². The number of nitrogens with one attached hydrogen (secondary N) is 1. The molecular weight excluding hydrogens is 408 g/mol. The molecule has 4 rings (SSSR count). The second kappa shape index (κ2) is 10.4. The molecule has 0 amide bonds. The van der Waals surface area contributed by atoms with Gasteiger partial charge in [-0.1, -0.05) is 45.7 Å². The van der Waals surface area contributed by atoms with Crippen molar-refractivity contribution in [2.45, 2.75) is 71.9 Å². The number of aromatic nitrogens is 4. The Bertz CT molecular complexity index is 1110. The molecule has 2 aromatic heterocycles. The molecule has 0 saturated heterocycles. The molecule has 0 unspecified atom stereocenters. The van der Waals surface area contributed by atoms with Crippen LogP contribution in [0.1, 0.15) is 80.5 Å². The Hall–Kier alpha value is -3.20. The van der Waals surface area contributed by atoms with Crippen LogP contribution in [0.25, 0.3) is 11.2 Å². The Kier molecular flexibility index (Phi) is 7.63. The monoisotopic (exact) mass is 440 g/mol. The predicted octanol–water partition coefficient (Wildman–Crippen LogP) is 3.79. The van der Waals surface area contributed by atoms with E-state index in [2.05, 4.69) is 15.0 Å². The molecule has 2 heterocycles. The largest absolute Gasteiger partial charge is 0.478 e. The van der Waals surface area contributed by atoms with Crippen molar-refractivity contribution >= 4 is 23.1 Å². The van der Waals surface area contributed by atoms with Crippen molar-refractivity contribution < 1.29 is 9.90 Å². The van der Waals surface area contributed by atoms with Gasteiger partial charge in [-0.2, -0.15) is 4.98 Å². The third kappa shape index (κ3) is 4.83. The van der Waals surface area contributed by atoms with E-state index < -0.39 is 5.97 Å². The Labute approximate surface area is 187 Å². The molecular formula is C23H32N6O3. The number of rotatable bonds is 7. The first-order valence-electron chi connectivity index (χ1n) is 11.3. The van der Waals surface area contributed by atoms with E-state index in [0.29, 0.717) is 29.6 Å². The van der Waals surface area contributed by atoms with Crippen molar-refractivity contribution in [1.82, 2.24) is 19.5 Å². The summed E-state index contributed by atoms with van der Waals surface area (Å²) >= 11 is 0. The van der Waals surface area contributed by atoms with Crippen LogP contribution in [0.5, 0.6) is 0 Å². The van der Waals surface area contributed by atoms with Crippen LogP contribution < -0.4 is 16.4 Å². The lowest BCUT2D eigenvalue weighted by atomic mass is 10.1. The zero-order chi connectivity index (χ0) is 23.3. The Balaban J connectivity index is 0.00000141. The van der Waals surface area contributed by atoms with E-state index in [4.69, 9.17) is 10.9 Å². The molecule has 1 aliphatic rings. The summed E-state index contributed by atoms with van der Waals surface area (Å²) in [6.07, 6.45) is 5.26. The van der Waals surface area contributed by atoms with Gasteiger partial charge >= 0.3 is 5.97 Å². The van der Waals surface area contributed by atoms with Crippen LogP contribution in [0.3, 0.4) is 0 Å². The summed E-state index contributed by atoms with van der Waals surface area (Å²) in [4.78, 5) is 36.6. The molecule has 9 heteroatoms. The standard InChI is InChI=1S/C21H26N6O3.C2H6/c1-2-11-26-19(28)16-18(24-17(23-16)14-5-3-4-6-14)25-21(26)27(22)12-13-7-9-15(10-8-13)20(29)30;1-2/h7-10,14H,2-6,11-12,22H2,1H3,(H,23,24)(H,29,30);1-2H3. The van der Waals surface area contributed by atoms with Crippen LogP contribution in [0.4, 0.5) is 5.95 Å². The van der Waals surface area contributed by atoms with Gasteiger partial charge < -0.3 is 10.1 Å². The van der Waals surface area contributed by atoms with Gasteiger partial charge in [-0.25, -0.2) is 15.6 Å². The molecule has 1 aliphatic carbocycles. The summed E-state index contributed by atoms with van der Waals surface area (Å²) in [5.41, 5.74) is 1.66. The average Bonchev–Trinajstić information content (AvgIpc) is 3.47. The SMILES string of the molecule is CC.CCCn1c(N(N)Cc2ccc(C(=O)O)cc2)nc2nc(C3CCCC3)[nH]c2c1=O. The third-order valence-electron chi connectivity index (χ3n) is 5.61. The first kappa shape index (κ1) is 23.5. The van der Waals surface area contributed by atoms with E-state index in [0.717, 1.165) is 30.7 Å². The molecule has 0 bridgehead atoms. The van der Waals surface area contributed by atoms with Gasteiger partial charge in [-0.3, -0.25) is 14.4 Å². The number of benzene rings is 1. The quantitative estimate of drug-likeness (QED) is 0.376. The van der Waals surface area contributed by atoms with Gasteiger partial charge in [0.2, 0.25) is 5.95 Å². The van der Waals surface area contributed by atoms with E-state index in [1.54, 1.807) is 16.7 Å². The second-order valence-electron chi connectivity index (χ2n) is 7.80. The van der Waals surface area contributed by atoms with Gasteiger partial charge in [0.15, 0.2) is 11.2 Å². The minimum atomic E-state index is -0.980. The maximum absolute atomic E-state index is 13.1. The van der Waals surface area contributed by atoms with Crippen molar-refractivity contribution in [3.8, 4) is 0 Å². The summed E-state index contributed by atoms with van der Waals surface area (Å²) in [6.45, 7) is 6.75. The number of aromatic amines is 1. The number of hydrogen-bond acceptors (Lipinski definition) is 6. The number of hydrogen-bond donors (Lipinski definition) is 3. The predicted molar refractivity (Wildman–Crippen MR) is 125 cm³/mol. The first-order chi connectivity index (χ1) is 15.5. The number of imidazole rings is 1. The lowest BCUT2D eigenvalue weighted by Gasteiger charge is -2.21. The smallest absolute Gasteiger partial charge is 0.335 e. The molecule has 3 aromatic rings. The Morgan fingerprint density at radius 2 is 1.88 bits per heavy atom. The number of anilines is 1. The molecule has 32 heavy (non-hydrogen) atoms. The topological polar surface area (TPSA) is 130 Å². The minimum Gasteiger partial charge on any atom is -0.478 e. The Morgan fingerprint density at radius 1 is 1.22 bits per heavy atom. The fraction of sp³-hybridized carbons (Fsp3) is 0.478. The number of carboxylic acids is 1. The number of H-pyrrole nitrogens is 1. The molecule has 0 atom stereocenters. The van der Waals surface area contributed by atoms with Gasteiger partial charge in [0.25, 0.3) is 5.56 Å². The number of hydrazine groups is 1. The van der Waals surface area contributed by atoms with Crippen molar-refractivity contribution in [1.29, 1.82) is 0 Å². The molecule has 1 fully saturated rings. The van der Waals surface area contributed by atoms with Crippen molar-refractivity contribution in [2.24, 2.45) is 5.84 Å². The normalized spacial score (nSPS) is 13.8. The Morgan fingerprint density at radius 3 is 2.47 bits per heavy atom. The van der Waals surface area contributed by atoms with Crippen LogP contribution in [0.15, 0.2) is 29.1 Å². The van der Waals surface area contributed by atoms with Crippen molar-refractivity contribution in [3.05, 3.63) is 51.6 Å². The molecule has 1 saturated carbocycles. The molecule has 172 valence electrons. The molecule has 0 spiro atoms. The van der Waals surface area contributed by atoms with E-state index in [9.17, 15) is 9.59 Å². The zero-order valence-electron chi connectivity index (χ0n) is 19.0.